The number of hydrogen-bond donors (Lipinski definition) is 1. The number of thioether (sulfide) groups is 1. The number of amides is 1. The standard InChI is InChI=1S/C23H22N4OS2/c1-27-22(20-13-8-14-29-20)25-26-23(27)30-16-21(28)24-19(18-11-6-3-7-12-18)15-17-9-4-2-5-10-17/h2-14,19H,15-16H2,1H3,(H,24,28). The molecule has 30 heavy (non-hydrogen) atoms. The van der Waals surface area contributed by atoms with E-state index in [1.54, 1.807) is 11.3 Å². The fourth-order valence-electron chi connectivity index (χ4n) is 3.21. The summed E-state index contributed by atoms with van der Waals surface area (Å²) in [6.45, 7) is 0. The van der Waals surface area contributed by atoms with Crippen molar-refractivity contribution in [1.29, 1.82) is 0 Å². The van der Waals surface area contributed by atoms with E-state index >= 15 is 0 Å². The van der Waals surface area contributed by atoms with Gasteiger partial charge in [0.25, 0.3) is 0 Å². The maximum absolute atomic E-state index is 12.7. The summed E-state index contributed by atoms with van der Waals surface area (Å²) in [4.78, 5) is 13.8. The van der Waals surface area contributed by atoms with Crippen LogP contribution in [0.2, 0.25) is 0 Å². The van der Waals surface area contributed by atoms with Gasteiger partial charge in [-0.2, -0.15) is 0 Å². The van der Waals surface area contributed by atoms with E-state index in [-0.39, 0.29) is 17.7 Å². The number of hydrogen-bond acceptors (Lipinski definition) is 5. The molecule has 0 radical (unpaired) electrons. The van der Waals surface area contributed by atoms with Gasteiger partial charge in [-0.1, -0.05) is 78.5 Å². The maximum atomic E-state index is 12.7. The van der Waals surface area contributed by atoms with Crippen molar-refractivity contribution >= 4 is 29.0 Å². The summed E-state index contributed by atoms with van der Waals surface area (Å²) in [5.74, 6) is 1.08. The van der Waals surface area contributed by atoms with Crippen molar-refractivity contribution in [3.63, 3.8) is 0 Å². The van der Waals surface area contributed by atoms with Crippen molar-refractivity contribution in [2.75, 3.05) is 5.75 Å². The minimum absolute atomic E-state index is 0.0227. The van der Waals surface area contributed by atoms with E-state index in [2.05, 4.69) is 39.8 Å². The van der Waals surface area contributed by atoms with Crippen LogP contribution in [0.25, 0.3) is 10.7 Å². The number of thiophene rings is 1. The first-order valence-electron chi connectivity index (χ1n) is 9.65. The van der Waals surface area contributed by atoms with Crippen LogP contribution in [-0.4, -0.2) is 26.4 Å². The van der Waals surface area contributed by atoms with Crippen LogP contribution in [0, 0.1) is 0 Å². The SMILES string of the molecule is Cn1c(SCC(=O)NC(Cc2ccccc2)c2ccccc2)nnc1-c1cccs1. The third-order valence-electron chi connectivity index (χ3n) is 4.73. The Bertz CT molecular complexity index is 1080. The third-order valence-corrected chi connectivity index (χ3v) is 6.61. The summed E-state index contributed by atoms with van der Waals surface area (Å²) in [5, 5.41) is 14.5. The van der Waals surface area contributed by atoms with Gasteiger partial charge in [0, 0.05) is 7.05 Å². The van der Waals surface area contributed by atoms with Gasteiger partial charge in [0.2, 0.25) is 5.91 Å². The Hall–Kier alpha value is -2.90. The van der Waals surface area contributed by atoms with E-state index in [0.717, 1.165) is 27.8 Å². The number of benzene rings is 2. The molecule has 0 fully saturated rings. The van der Waals surface area contributed by atoms with E-state index in [0.29, 0.717) is 0 Å². The monoisotopic (exact) mass is 434 g/mol. The zero-order valence-electron chi connectivity index (χ0n) is 16.6. The van der Waals surface area contributed by atoms with Gasteiger partial charge in [-0.3, -0.25) is 4.79 Å². The van der Waals surface area contributed by atoms with Gasteiger partial charge in [-0.15, -0.1) is 21.5 Å². The Morgan fingerprint density at radius 3 is 2.47 bits per heavy atom. The molecule has 1 amide bonds. The molecule has 1 N–H and O–H groups in total. The Balaban J connectivity index is 1.42. The molecule has 0 aliphatic rings. The second kappa shape index (κ2) is 9.73. The molecule has 5 nitrogen and oxygen atoms in total. The highest BCUT2D eigenvalue weighted by Crippen LogP contribution is 2.26. The van der Waals surface area contributed by atoms with Gasteiger partial charge in [0.05, 0.1) is 16.7 Å². The molecule has 1 unspecified atom stereocenters. The van der Waals surface area contributed by atoms with Gasteiger partial charge in [-0.25, -0.2) is 0 Å². The molecule has 2 aromatic carbocycles. The minimum Gasteiger partial charge on any atom is -0.348 e. The van der Waals surface area contributed by atoms with Crippen molar-refractivity contribution in [3.05, 3.63) is 89.3 Å². The highest BCUT2D eigenvalue weighted by atomic mass is 32.2. The summed E-state index contributed by atoms with van der Waals surface area (Å²) in [6, 6.07) is 24.2. The summed E-state index contributed by atoms with van der Waals surface area (Å²) >= 11 is 3.02. The lowest BCUT2D eigenvalue weighted by Gasteiger charge is -2.19. The first-order valence-corrected chi connectivity index (χ1v) is 11.5. The van der Waals surface area contributed by atoms with E-state index in [1.165, 1.54) is 17.3 Å². The van der Waals surface area contributed by atoms with Gasteiger partial charge in [0.1, 0.15) is 0 Å². The summed E-state index contributed by atoms with van der Waals surface area (Å²) < 4.78 is 1.93. The van der Waals surface area contributed by atoms with E-state index < -0.39 is 0 Å². The minimum atomic E-state index is -0.0807. The second-order valence-electron chi connectivity index (χ2n) is 6.85. The predicted octanol–water partition coefficient (Wildman–Crippen LogP) is 4.74. The van der Waals surface area contributed by atoms with Gasteiger partial charge in [0.15, 0.2) is 11.0 Å². The van der Waals surface area contributed by atoms with E-state index in [9.17, 15) is 4.79 Å². The van der Waals surface area contributed by atoms with Gasteiger partial charge >= 0.3 is 0 Å². The predicted molar refractivity (Wildman–Crippen MR) is 123 cm³/mol. The van der Waals surface area contributed by atoms with E-state index in [1.807, 2.05) is 65.5 Å². The number of rotatable bonds is 8. The van der Waals surface area contributed by atoms with Crippen LogP contribution in [0.4, 0.5) is 0 Å². The van der Waals surface area contributed by atoms with E-state index in [4.69, 9.17) is 0 Å². The zero-order valence-corrected chi connectivity index (χ0v) is 18.2. The van der Waals surface area contributed by atoms with Crippen LogP contribution >= 0.6 is 23.1 Å². The van der Waals surface area contributed by atoms with Crippen molar-refractivity contribution in [1.82, 2.24) is 20.1 Å². The molecule has 0 saturated carbocycles. The van der Waals surface area contributed by atoms with Gasteiger partial charge in [-0.05, 0) is 29.0 Å². The van der Waals surface area contributed by atoms with Crippen LogP contribution in [0.3, 0.4) is 0 Å². The fraction of sp³-hybridized carbons (Fsp3) is 0.174. The van der Waals surface area contributed by atoms with Crippen LogP contribution < -0.4 is 5.32 Å². The van der Waals surface area contributed by atoms with Crippen LogP contribution in [0.15, 0.2) is 83.3 Å². The number of nitrogens with zero attached hydrogens (tertiary/aromatic N) is 3. The van der Waals surface area contributed by atoms with Crippen LogP contribution in [0.5, 0.6) is 0 Å². The molecule has 0 aliphatic heterocycles. The van der Waals surface area contributed by atoms with Crippen molar-refractivity contribution in [2.24, 2.45) is 7.05 Å². The molecular formula is C23H22N4OS2. The largest absolute Gasteiger partial charge is 0.348 e. The Labute approximate surface area is 184 Å². The Morgan fingerprint density at radius 1 is 1.03 bits per heavy atom. The number of carbonyl (C=O) groups is 1. The van der Waals surface area contributed by atoms with Crippen LogP contribution in [0.1, 0.15) is 17.2 Å². The summed E-state index contributed by atoms with van der Waals surface area (Å²) in [5.41, 5.74) is 2.28. The first kappa shape index (κ1) is 20.4. The average Bonchev–Trinajstić information content (AvgIpc) is 3.43. The molecule has 0 aliphatic carbocycles. The molecule has 0 spiro atoms. The quantitative estimate of drug-likeness (QED) is 0.407. The highest BCUT2D eigenvalue weighted by Gasteiger charge is 2.17. The molecular weight excluding hydrogens is 412 g/mol. The molecule has 2 aromatic heterocycles. The Kier molecular flexibility index (Phi) is 6.61. The summed E-state index contributed by atoms with van der Waals surface area (Å²) in [7, 11) is 1.93. The molecule has 0 saturated heterocycles. The lowest BCUT2D eigenvalue weighted by molar-refractivity contribution is -0.119. The molecule has 0 bridgehead atoms. The van der Waals surface area contributed by atoms with Gasteiger partial charge < -0.3 is 9.88 Å². The maximum Gasteiger partial charge on any atom is 0.230 e. The third kappa shape index (κ3) is 4.98. The normalized spacial score (nSPS) is 11.9. The first-order chi connectivity index (χ1) is 14.7. The van der Waals surface area contributed by atoms with Crippen LogP contribution in [-0.2, 0) is 18.3 Å². The highest BCUT2D eigenvalue weighted by molar-refractivity contribution is 7.99. The topological polar surface area (TPSA) is 59.8 Å². The molecule has 152 valence electrons. The molecule has 2 heterocycles. The molecule has 1 atom stereocenters. The zero-order chi connectivity index (χ0) is 20.8. The number of aromatic nitrogens is 3. The molecule has 4 aromatic rings. The second-order valence-corrected chi connectivity index (χ2v) is 8.74. The lowest BCUT2D eigenvalue weighted by atomic mass is 9.99. The molecule has 4 rings (SSSR count). The summed E-state index contributed by atoms with van der Waals surface area (Å²) in [6.07, 6.45) is 0.744. The number of carbonyl (C=O) groups excluding carboxylic acids is 1. The van der Waals surface area contributed by atoms with Crippen molar-refractivity contribution in [2.45, 2.75) is 17.6 Å². The lowest BCUT2D eigenvalue weighted by Crippen LogP contribution is -2.31. The Morgan fingerprint density at radius 2 is 1.77 bits per heavy atom. The number of nitrogens with one attached hydrogen (secondary N) is 1. The van der Waals surface area contributed by atoms with Crippen molar-refractivity contribution in [3.8, 4) is 10.7 Å². The van der Waals surface area contributed by atoms with Crippen molar-refractivity contribution < 1.29 is 4.79 Å². The average molecular weight is 435 g/mol. The fourth-order valence-corrected chi connectivity index (χ4v) is 4.68. The smallest absolute Gasteiger partial charge is 0.230 e. The molecule has 7 heteroatoms.